The van der Waals surface area contributed by atoms with Gasteiger partial charge in [0.15, 0.2) is 37.8 Å². The summed E-state index contributed by atoms with van der Waals surface area (Å²) in [4.78, 5) is 60.3. The number of aliphatic hydroxyl groups is 2. The van der Waals surface area contributed by atoms with Crippen LogP contribution in [0.4, 0.5) is 0 Å². The first-order valence-corrected chi connectivity index (χ1v) is 30.4. The van der Waals surface area contributed by atoms with Crippen molar-refractivity contribution in [1.29, 1.82) is 0 Å². The Morgan fingerprint density at radius 3 is 2.38 bits per heavy atom. The van der Waals surface area contributed by atoms with Crippen LogP contribution < -0.4 is 10.1 Å². The Hall–Kier alpha value is -3.64. The number of hydrogen-bond acceptors (Lipinski definition) is 13. The molecule has 5 aliphatic carbocycles. The molecule has 0 spiro atoms. The Balaban J connectivity index is 0.877. The van der Waals surface area contributed by atoms with Crippen molar-refractivity contribution in [2.75, 3.05) is 59.3 Å². The number of ether oxygens (including phenoxy) is 5. The summed E-state index contributed by atoms with van der Waals surface area (Å²) in [5.41, 5.74) is 2.39. The molecule has 426 valence electrons. The molecular weight excluding hydrogens is 1000 g/mol. The Morgan fingerprint density at radius 1 is 0.909 bits per heavy atom. The zero-order valence-corrected chi connectivity index (χ0v) is 47.0. The van der Waals surface area contributed by atoms with E-state index in [1.54, 1.807) is 30.4 Å². The fourth-order valence-corrected chi connectivity index (χ4v) is 14.7. The number of phosphoric acid groups is 1. The number of esters is 1. The number of aryl methyl sites for hydroxylation is 1. The number of aliphatic hydroxyl groups excluding tert-OH is 2. The van der Waals surface area contributed by atoms with Crippen LogP contribution in [0.3, 0.4) is 0 Å². The normalized spacial score (nSPS) is 29.5. The highest BCUT2D eigenvalue weighted by Gasteiger charge is 2.71. The number of ketones is 2. The Bertz CT molecular complexity index is 2400. The SMILES string of the molecule is CC[N+](CC)(CC(=O)OCC(=O)[C@H]1[C@H]2O[C@H](C3CCCCC3)OC2C2C3CCC4=CC(=O)C=C[C@]4(C)C3C(O)C[C@@]21C)Cc1cc(C(O)CNCCCCCCOCCCCc2ccccc2)ccc1OCOP(=O)(O)O. The van der Waals surface area contributed by atoms with Crippen LogP contribution >= 0.6 is 7.82 Å². The Labute approximate surface area is 456 Å². The third-order valence-corrected chi connectivity index (χ3v) is 19.1. The van der Waals surface area contributed by atoms with Gasteiger partial charge in [-0.15, -0.1) is 0 Å². The molecule has 16 nitrogen and oxygen atoms in total. The number of allylic oxidation sites excluding steroid dienone is 4. The zero-order valence-electron chi connectivity index (χ0n) is 46.1. The number of unbranched alkanes of at least 4 members (excludes halogenated alkanes) is 4. The molecule has 5 N–H and O–H groups in total. The van der Waals surface area contributed by atoms with Crippen molar-refractivity contribution < 1.29 is 71.6 Å². The highest BCUT2D eigenvalue weighted by Crippen LogP contribution is 2.68. The van der Waals surface area contributed by atoms with Gasteiger partial charge in [0.25, 0.3) is 0 Å². The quantitative estimate of drug-likeness (QED) is 0.0169. The van der Waals surface area contributed by atoms with E-state index >= 15 is 0 Å². The smallest absolute Gasteiger partial charge is 0.466 e. The average Bonchev–Trinajstić information content (AvgIpc) is 4.17. The van der Waals surface area contributed by atoms with Gasteiger partial charge < -0.3 is 53.5 Å². The number of rotatable bonds is 29. The first-order chi connectivity index (χ1) is 37.0. The zero-order chi connectivity index (χ0) is 54.8. The second kappa shape index (κ2) is 26.8. The third-order valence-electron chi connectivity index (χ3n) is 18.6. The van der Waals surface area contributed by atoms with E-state index in [1.165, 1.54) is 12.0 Å². The average molecular weight is 1090 g/mol. The van der Waals surface area contributed by atoms with E-state index in [9.17, 15) is 38.9 Å². The summed E-state index contributed by atoms with van der Waals surface area (Å²) in [5, 5.41) is 27.0. The van der Waals surface area contributed by atoms with E-state index < -0.39 is 68.5 Å². The van der Waals surface area contributed by atoms with Crippen LogP contribution in [0.25, 0.3) is 0 Å². The molecule has 5 fully saturated rings. The molecule has 0 radical (unpaired) electrons. The number of nitrogens with zero attached hydrogens (tertiary/aromatic N) is 1. The van der Waals surface area contributed by atoms with E-state index in [2.05, 4.69) is 48.0 Å². The van der Waals surface area contributed by atoms with Crippen LogP contribution in [-0.4, -0.2) is 126 Å². The number of carbonyl (C=O) groups is 3. The molecule has 0 amide bonds. The van der Waals surface area contributed by atoms with Crippen molar-refractivity contribution in [3.63, 3.8) is 0 Å². The third kappa shape index (κ3) is 14.5. The lowest BCUT2D eigenvalue weighted by molar-refractivity contribution is -0.931. The summed E-state index contributed by atoms with van der Waals surface area (Å²) >= 11 is 0. The Morgan fingerprint density at radius 2 is 1.64 bits per heavy atom. The molecule has 11 atom stereocenters. The van der Waals surface area contributed by atoms with E-state index in [0.29, 0.717) is 43.6 Å². The summed E-state index contributed by atoms with van der Waals surface area (Å²) < 4.78 is 47.9. The standard InChI is InChI=1S/C60H87N2O14P/c1-5-62(6-2,37-44-33-43(24-27-51(44)73-40-74-77(68,69)70)49(65)36-61-30-16-7-8-17-31-71-32-18-15-21-41-19-11-9-12-20-41)38-52(67)72-39-50(66)55-57-56(75-58(76-57)42-22-13-10-14-23-42)54-47-26-25-45-34-46(63)28-29-59(45,3)53(47)48(64)35-60(54,55)4/h9,11-12,19-20,24,27-29,33-34,42,47-49,53-58,61,64-65H,5-8,10,13-18,21-23,25-26,30-32,35-40H2,1-4H3,(H-,68,69,70)/p+1/t47?,48?,49?,53?,54?,55-,56?,57+,58+,59-,60-/m0/s1. The number of quaternary nitrogens is 1. The predicted molar refractivity (Wildman–Crippen MR) is 290 cm³/mol. The van der Waals surface area contributed by atoms with Crippen molar-refractivity contribution in [1.82, 2.24) is 5.32 Å². The minimum absolute atomic E-state index is 0.00248. The van der Waals surface area contributed by atoms with Crippen LogP contribution in [-0.2, 0) is 55.4 Å². The second-order valence-electron chi connectivity index (χ2n) is 23.5. The monoisotopic (exact) mass is 1090 g/mol. The molecule has 17 heteroatoms. The molecule has 0 bridgehead atoms. The summed E-state index contributed by atoms with van der Waals surface area (Å²) in [6.45, 7) is 10.6. The van der Waals surface area contributed by atoms with E-state index in [-0.39, 0.29) is 64.7 Å². The van der Waals surface area contributed by atoms with Crippen molar-refractivity contribution in [2.24, 2.45) is 40.4 Å². The lowest BCUT2D eigenvalue weighted by Crippen LogP contribution is -2.58. The van der Waals surface area contributed by atoms with Crippen molar-refractivity contribution >= 4 is 25.4 Å². The fourth-order valence-electron chi connectivity index (χ4n) is 14.5. The topological polar surface area (TPSA) is 217 Å². The van der Waals surface area contributed by atoms with Gasteiger partial charge in [0.1, 0.15) is 12.3 Å². The highest BCUT2D eigenvalue weighted by molar-refractivity contribution is 7.46. The summed E-state index contributed by atoms with van der Waals surface area (Å²) in [5.74, 6) is -1.31. The summed E-state index contributed by atoms with van der Waals surface area (Å²) in [6, 6.07) is 15.6. The van der Waals surface area contributed by atoms with Crippen LogP contribution in [0.5, 0.6) is 5.75 Å². The second-order valence-corrected chi connectivity index (χ2v) is 24.8. The number of fused-ring (bicyclic) bond motifs is 7. The number of hydrogen-bond donors (Lipinski definition) is 5. The molecule has 1 aliphatic heterocycles. The maximum absolute atomic E-state index is 14.9. The van der Waals surface area contributed by atoms with Gasteiger partial charge in [-0.3, -0.25) is 9.59 Å². The minimum atomic E-state index is -4.84. The van der Waals surface area contributed by atoms with Gasteiger partial charge in [-0.1, -0.05) is 94.0 Å². The number of carbonyl (C=O) groups excluding carboxylic acids is 3. The van der Waals surface area contributed by atoms with Crippen LogP contribution in [0.2, 0.25) is 0 Å². The van der Waals surface area contributed by atoms with Gasteiger partial charge in [-0.2, -0.15) is 0 Å². The number of benzene rings is 2. The van der Waals surface area contributed by atoms with Gasteiger partial charge in [-0.05, 0) is 137 Å². The lowest BCUT2D eigenvalue weighted by Gasteiger charge is -2.59. The largest absolute Gasteiger partial charge is 0.472 e. The Kier molecular flexibility index (Phi) is 20.7. The molecule has 1 heterocycles. The number of Topliss-reactive ketones (excluding diaryl/α,β-unsaturated/α-hetero) is 1. The van der Waals surface area contributed by atoms with Gasteiger partial charge in [0.05, 0.1) is 43.4 Å². The van der Waals surface area contributed by atoms with Crippen molar-refractivity contribution in [3.8, 4) is 5.75 Å². The number of nitrogens with one attached hydrogen (secondary N) is 1. The molecule has 6 unspecified atom stereocenters. The number of phosphoric ester groups is 1. The summed E-state index contributed by atoms with van der Waals surface area (Å²) in [7, 11) is -4.84. The lowest BCUT2D eigenvalue weighted by atomic mass is 9.46. The molecule has 1 saturated heterocycles. The molecule has 77 heavy (non-hydrogen) atoms. The van der Waals surface area contributed by atoms with Crippen LogP contribution in [0.1, 0.15) is 140 Å². The first kappa shape index (κ1) is 59.5. The van der Waals surface area contributed by atoms with Crippen LogP contribution in [0, 0.1) is 40.4 Å². The molecule has 6 aliphatic rings. The maximum atomic E-state index is 14.9. The summed E-state index contributed by atoms with van der Waals surface area (Å²) in [6.07, 6.45) is 16.8. The highest BCUT2D eigenvalue weighted by atomic mass is 31.2. The molecule has 0 aromatic heterocycles. The number of likely N-dealkylation sites (N-methyl/N-ethyl adjacent to an activating group) is 1. The predicted octanol–water partition coefficient (Wildman–Crippen LogP) is 8.63. The molecule has 4 saturated carbocycles. The van der Waals surface area contributed by atoms with Crippen molar-refractivity contribution in [2.45, 2.75) is 161 Å². The van der Waals surface area contributed by atoms with Gasteiger partial charge in [-0.25, -0.2) is 13.9 Å². The van der Waals surface area contributed by atoms with E-state index in [4.69, 9.17) is 23.7 Å². The first-order valence-electron chi connectivity index (χ1n) is 28.9. The van der Waals surface area contributed by atoms with E-state index in [0.717, 1.165) is 102 Å². The fraction of sp³-hybridized carbons (Fsp3) is 0.683. The molecule has 2 aromatic carbocycles. The van der Waals surface area contributed by atoms with Crippen LogP contribution in [0.15, 0.2) is 72.3 Å². The van der Waals surface area contributed by atoms with Gasteiger partial charge >= 0.3 is 13.8 Å². The van der Waals surface area contributed by atoms with Gasteiger partial charge in [0.2, 0.25) is 0 Å². The maximum Gasteiger partial charge on any atom is 0.472 e. The van der Waals surface area contributed by atoms with Crippen molar-refractivity contribution in [3.05, 3.63) is 89.0 Å². The minimum Gasteiger partial charge on any atom is -0.466 e. The molecular formula is C60H88N2O14P+. The molecule has 8 rings (SSSR count). The van der Waals surface area contributed by atoms with Gasteiger partial charge in [0, 0.05) is 42.6 Å². The molecule has 2 aromatic rings. The van der Waals surface area contributed by atoms with E-state index in [1.807, 2.05) is 26.0 Å².